The van der Waals surface area contributed by atoms with E-state index in [2.05, 4.69) is 10.6 Å². The van der Waals surface area contributed by atoms with Crippen molar-refractivity contribution in [2.24, 2.45) is 0 Å². The van der Waals surface area contributed by atoms with Crippen LogP contribution < -0.4 is 16.0 Å². The van der Waals surface area contributed by atoms with E-state index in [9.17, 15) is 22.8 Å². The third-order valence-electron chi connectivity index (χ3n) is 2.33. The van der Waals surface area contributed by atoms with Gasteiger partial charge in [-0.25, -0.2) is 4.79 Å². The van der Waals surface area contributed by atoms with Gasteiger partial charge in [0.1, 0.15) is 0 Å². The number of carbonyl (C=O) groups is 2. The highest BCUT2D eigenvalue weighted by Crippen LogP contribution is 2.33. The fraction of sp³-hybridized carbons (Fsp3) is 0.333. The highest BCUT2D eigenvalue weighted by molar-refractivity contribution is 6.33. The number of halogens is 4. The summed E-state index contributed by atoms with van der Waals surface area (Å²) in [5.74, 6) is -0.642. The normalized spacial score (nSPS) is 10.9. The molecule has 5 nitrogen and oxygen atoms in total. The highest BCUT2D eigenvalue weighted by Gasteiger charge is 2.30. The second-order valence-corrected chi connectivity index (χ2v) is 4.36. The van der Waals surface area contributed by atoms with Crippen LogP contribution in [0, 0.1) is 0 Å². The van der Waals surface area contributed by atoms with Crippen molar-refractivity contribution in [3.8, 4) is 0 Å². The van der Waals surface area contributed by atoms with Gasteiger partial charge in [-0.1, -0.05) is 11.6 Å². The Bertz CT molecular complexity index is 535. The van der Waals surface area contributed by atoms with E-state index in [1.165, 1.54) is 0 Å². The van der Waals surface area contributed by atoms with E-state index in [4.69, 9.17) is 11.6 Å². The molecule has 0 saturated heterocycles. The zero-order valence-electron chi connectivity index (χ0n) is 11.0. The van der Waals surface area contributed by atoms with Gasteiger partial charge in [0.25, 0.3) is 0 Å². The summed E-state index contributed by atoms with van der Waals surface area (Å²) < 4.78 is 37.3. The molecule has 116 valence electrons. The Morgan fingerprint density at radius 1 is 1.29 bits per heavy atom. The van der Waals surface area contributed by atoms with E-state index in [0.29, 0.717) is 6.54 Å². The van der Waals surface area contributed by atoms with E-state index >= 15 is 0 Å². The zero-order chi connectivity index (χ0) is 16.0. The molecule has 0 bridgehead atoms. The third kappa shape index (κ3) is 5.50. The fourth-order valence-electron chi connectivity index (χ4n) is 1.39. The van der Waals surface area contributed by atoms with E-state index < -0.39 is 23.7 Å². The molecule has 0 atom stereocenters. The van der Waals surface area contributed by atoms with E-state index in [1.807, 2.05) is 5.32 Å². The van der Waals surface area contributed by atoms with Crippen LogP contribution in [-0.2, 0) is 11.0 Å². The summed E-state index contributed by atoms with van der Waals surface area (Å²) in [5, 5.41) is 6.77. The molecule has 0 heterocycles. The van der Waals surface area contributed by atoms with Crippen LogP contribution in [0.3, 0.4) is 0 Å². The Balaban J connectivity index is 2.60. The van der Waals surface area contributed by atoms with Crippen molar-refractivity contribution in [2.75, 3.05) is 18.4 Å². The number of anilines is 1. The minimum atomic E-state index is -4.49. The van der Waals surface area contributed by atoms with Gasteiger partial charge in [0.15, 0.2) is 0 Å². The molecule has 1 aromatic carbocycles. The van der Waals surface area contributed by atoms with Gasteiger partial charge < -0.3 is 10.6 Å². The third-order valence-corrected chi connectivity index (χ3v) is 2.64. The van der Waals surface area contributed by atoms with Crippen molar-refractivity contribution in [1.29, 1.82) is 0 Å². The summed E-state index contributed by atoms with van der Waals surface area (Å²) in [7, 11) is 0. The molecular weight excluding hydrogens is 311 g/mol. The Labute approximate surface area is 123 Å². The maximum Gasteiger partial charge on any atom is 0.416 e. The molecule has 9 heteroatoms. The van der Waals surface area contributed by atoms with E-state index in [-0.39, 0.29) is 17.3 Å². The summed E-state index contributed by atoms with van der Waals surface area (Å²) in [6.45, 7) is 1.74. The summed E-state index contributed by atoms with van der Waals surface area (Å²) >= 11 is 5.70. The quantitative estimate of drug-likeness (QED) is 0.797. The lowest BCUT2D eigenvalue weighted by atomic mass is 10.2. The lowest BCUT2D eigenvalue weighted by Gasteiger charge is -2.11. The van der Waals surface area contributed by atoms with Gasteiger partial charge in [-0.15, -0.1) is 0 Å². The average molecular weight is 324 g/mol. The minimum absolute atomic E-state index is 0.163. The number of amides is 3. The van der Waals surface area contributed by atoms with Crippen LogP contribution in [0.5, 0.6) is 0 Å². The number of rotatable bonds is 4. The number of imide groups is 1. The number of hydrogen-bond donors (Lipinski definition) is 3. The van der Waals surface area contributed by atoms with Crippen LogP contribution in [0.15, 0.2) is 18.2 Å². The van der Waals surface area contributed by atoms with Crippen molar-refractivity contribution in [2.45, 2.75) is 13.1 Å². The highest BCUT2D eigenvalue weighted by atomic mass is 35.5. The standard InChI is InChI=1S/C12H13ClF3N3O2/c1-2-17-11(21)19-10(20)6-18-9-4-3-7(5-8(9)13)12(14,15)16/h3-5,18H,2,6H2,1H3,(H2,17,19,20,21). The first kappa shape index (κ1) is 17.1. The predicted octanol–water partition coefficient (Wildman–Crippen LogP) is 2.62. The van der Waals surface area contributed by atoms with Crippen molar-refractivity contribution in [1.82, 2.24) is 10.6 Å². The summed E-state index contributed by atoms with van der Waals surface area (Å²) in [6.07, 6.45) is -4.49. The van der Waals surface area contributed by atoms with Gasteiger partial charge in [-0.3, -0.25) is 10.1 Å². The summed E-state index contributed by atoms with van der Waals surface area (Å²) in [4.78, 5) is 22.4. The van der Waals surface area contributed by atoms with Crippen molar-refractivity contribution in [3.63, 3.8) is 0 Å². The number of benzene rings is 1. The largest absolute Gasteiger partial charge is 0.416 e. The molecule has 0 saturated carbocycles. The van der Waals surface area contributed by atoms with E-state index in [1.54, 1.807) is 6.92 Å². The molecule has 21 heavy (non-hydrogen) atoms. The number of carbonyl (C=O) groups excluding carboxylic acids is 2. The zero-order valence-corrected chi connectivity index (χ0v) is 11.7. The minimum Gasteiger partial charge on any atom is -0.375 e. The molecule has 0 fully saturated rings. The topological polar surface area (TPSA) is 70.2 Å². The van der Waals surface area contributed by atoms with Crippen LogP contribution in [0.25, 0.3) is 0 Å². The molecule has 0 unspecified atom stereocenters. The maximum atomic E-state index is 12.4. The lowest BCUT2D eigenvalue weighted by Crippen LogP contribution is -2.41. The van der Waals surface area contributed by atoms with Crippen molar-refractivity contribution >= 4 is 29.2 Å². The molecule has 1 rings (SSSR count). The van der Waals surface area contributed by atoms with Gasteiger partial charge in [0, 0.05) is 6.54 Å². The second kappa shape index (κ2) is 7.16. The fourth-order valence-corrected chi connectivity index (χ4v) is 1.63. The number of hydrogen-bond acceptors (Lipinski definition) is 3. The summed E-state index contributed by atoms with van der Waals surface area (Å²) in [5.41, 5.74) is -0.722. The molecule has 0 radical (unpaired) electrons. The maximum absolute atomic E-state index is 12.4. The molecule has 1 aromatic rings. The monoisotopic (exact) mass is 323 g/mol. The Morgan fingerprint density at radius 3 is 2.48 bits per heavy atom. The Morgan fingerprint density at radius 2 is 1.95 bits per heavy atom. The van der Waals surface area contributed by atoms with Crippen LogP contribution in [0.1, 0.15) is 12.5 Å². The van der Waals surface area contributed by atoms with Crippen LogP contribution in [0.2, 0.25) is 5.02 Å². The average Bonchev–Trinajstić information content (AvgIpc) is 2.36. The number of nitrogens with one attached hydrogen (secondary N) is 3. The molecule has 0 spiro atoms. The van der Waals surface area contributed by atoms with Gasteiger partial charge in [-0.2, -0.15) is 13.2 Å². The SMILES string of the molecule is CCNC(=O)NC(=O)CNc1ccc(C(F)(F)F)cc1Cl. The second-order valence-electron chi connectivity index (χ2n) is 3.95. The first-order valence-electron chi connectivity index (χ1n) is 5.92. The summed E-state index contributed by atoms with van der Waals surface area (Å²) in [6, 6.07) is 2.06. The van der Waals surface area contributed by atoms with Crippen molar-refractivity contribution in [3.05, 3.63) is 28.8 Å². The van der Waals surface area contributed by atoms with Gasteiger partial charge in [0.2, 0.25) is 5.91 Å². The van der Waals surface area contributed by atoms with Crippen LogP contribution in [0.4, 0.5) is 23.7 Å². The van der Waals surface area contributed by atoms with Crippen molar-refractivity contribution < 1.29 is 22.8 Å². The predicted molar refractivity (Wildman–Crippen MR) is 72.2 cm³/mol. The van der Waals surface area contributed by atoms with E-state index in [0.717, 1.165) is 18.2 Å². The van der Waals surface area contributed by atoms with Gasteiger partial charge in [-0.05, 0) is 25.1 Å². The molecule has 0 aliphatic rings. The van der Waals surface area contributed by atoms with Crippen LogP contribution in [-0.4, -0.2) is 25.0 Å². The molecule has 3 N–H and O–H groups in total. The van der Waals surface area contributed by atoms with Gasteiger partial charge >= 0.3 is 12.2 Å². The Kier molecular flexibility index (Phi) is 5.83. The molecule has 3 amide bonds. The van der Waals surface area contributed by atoms with Crippen LogP contribution >= 0.6 is 11.6 Å². The lowest BCUT2D eigenvalue weighted by molar-refractivity contribution is -0.137. The smallest absolute Gasteiger partial charge is 0.375 e. The Hall–Kier alpha value is -1.96. The number of urea groups is 1. The molecule has 0 aliphatic carbocycles. The van der Waals surface area contributed by atoms with Gasteiger partial charge in [0.05, 0.1) is 22.8 Å². The molecule has 0 aliphatic heterocycles. The molecule has 0 aromatic heterocycles. The number of alkyl halides is 3. The first-order chi connectivity index (χ1) is 9.74. The molecular formula is C12H13ClF3N3O2. The first-order valence-corrected chi connectivity index (χ1v) is 6.30.